The van der Waals surface area contributed by atoms with Crippen LogP contribution in [-0.4, -0.2) is 40.6 Å². The summed E-state index contributed by atoms with van der Waals surface area (Å²) in [5, 5.41) is 9.40. The molecule has 3 N–H and O–H groups in total. The molecule has 1 amide bonds. The normalized spacial score (nSPS) is 41.6. The van der Waals surface area contributed by atoms with Crippen LogP contribution in [0.3, 0.4) is 0 Å². The highest BCUT2D eigenvalue weighted by molar-refractivity contribution is 5.85. The standard InChI is InChI=1S/C8H14N2O2/c9-7(12)8-2-1-3-10(8)5-6(11)4-8/h6,11H,1-5H2,(H2,9,12)/t6-,8-/m0/s1. The van der Waals surface area contributed by atoms with Crippen molar-refractivity contribution in [2.24, 2.45) is 5.73 Å². The lowest BCUT2D eigenvalue weighted by Crippen LogP contribution is -2.49. The maximum atomic E-state index is 11.2. The monoisotopic (exact) mass is 170 g/mol. The summed E-state index contributed by atoms with van der Waals surface area (Å²) in [6.07, 6.45) is 2.01. The van der Waals surface area contributed by atoms with Crippen molar-refractivity contribution in [2.45, 2.75) is 30.9 Å². The molecule has 2 aliphatic rings. The van der Waals surface area contributed by atoms with E-state index < -0.39 is 5.54 Å². The van der Waals surface area contributed by atoms with Gasteiger partial charge in [-0.3, -0.25) is 9.69 Å². The molecule has 0 radical (unpaired) electrons. The first-order valence-electron chi connectivity index (χ1n) is 4.38. The number of aliphatic hydroxyl groups excluding tert-OH is 1. The van der Waals surface area contributed by atoms with Crippen LogP contribution >= 0.6 is 0 Å². The molecule has 0 bridgehead atoms. The van der Waals surface area contributed by atoms with Gasteiger partial charge in [-0.1, -0.05) is 0 Å². The van der Waals surface area contributed by atoms with Crippen LogP contribution in [0.2, 0.25) is 0 Å². The van der Waals surface area contributed by atoms with E-state index in [1.807, 2.05) is 4.90 Å². The summed E-state index contributed by atoms with van der Waals surface area (Å²) in [6, 6.07) is 0. The van der Waals surface area contributed by atoms with Gasteiger partial charge in [0.1, 0.15) is 5.54 Å². The number of amides is 1. The number of rotatable bonds is 1. The van der Waals surface area contributed by atoms with Crippen molar-refractivity contribution >= 4 is 5.91 Å². The molecular formula is C8H14N2O2. The third kappa shape index (κ3) is 0.881. The minimum absolute atomic E-state index is 0.267. The van der Waals surface area contributed by atoms with E-state index in [4.69, 9.17) is 5.73 Å². The number of carbonyl (C=O) groups is 1. The molecule has 0 spiro atoms. The molecule has 2 saturated heterocycles. The Bertz CT molecular complexity index is 219. The van der Waals surface area contributed by atoms with Crippen LogP contribution in [0.1, 0.15) is 19.3 Å². The summed E-state index contributed by atoms with van der Waals surface area (Å²) in [7, 11) is 0. The topological polar surface area (TPSA) is 66.6 Å². The van der Waals surface area contributed by atoms with Crippen LogP contribution in [0.25, 0.3) is 0 Å². The first kappa shape index (κ1) is 8.01. The zero-order chi connectivity index (χ0) is 8.77. The Morgan fingerprint density at radius 3 is 3.00 bits per heavy atom. The largest absolute Gasteiger partial charge is 0.392 e. The molecule has 12 heavy (non-hydrogen) atoms. The summed E-state index contributed by atoms with van der Waals surface area (Å²) in [5.41, 5.74) is 4.84. The predicted molar refractivity (Wildman–Crippen MR) is 43.4 cm³/mol. The molecule has 2 atom stereocenters. The van der Waals surface area contributed by atoms with E-state index >= 15 is 0 Å². The van der Waals surface area contributed by atoms with E-state index in [2.05, 4.69) is 0 Å². The third-order valence-corrected chi connectivity index (χ3v) is 3.09. The molecular weight excluding hydrogens is 156 g/mol. The van der Waals surface area contributed by atoms with Crippen molar-refractivity contribution in [3.8, 4) is 0 Å². The van der Waals surface area contributed by atoms with Gasteiger partial charge in [-0.05, 0) is 19.4 Å². The molecule has 0 aromatic rings. The summed E-state index contributed by atoms with van der Waals surface area (Å²) in [5.74, 6) is -0.267. The second-order valence-corrected chi connectivity index (χ2v) is 3.80. The number of nitrogens with zero attached hydrogens (tertiary/aromatic N) is 1. The molecule has 4 heteroatoms. The quantitative estimate of drug-likeness (QED) is 0.534. The van der Waals surface area contributed by atoms with Gasteiger partial charge in [0.15, 0.2) is 0 Å². The van der Waals surface area contributed by atoms with Crippen molar-refractivity contribution in [1.29, 1.82) is 0 Å². The molecule has 2 rings (SSSR count). The Labute approximate surface area is 71.3 Å². The van der Waals surface area contributed by atoms with Gasteiger partial charge in [0.25, 0.3) is 0 Å². The lowest BCUT2D eigenvalue weighted by Gasteiger charge is -2.27. The van der Waals surface area contributed by atoms with Gasteiger partial charge in [-0.25, -0.2) is 0 Å². The van der Waals surface area contributed by atoms with Gasteiger partial charge in [-0.15, -0.1) is 0 Å². The lowest BCUT2D eigenvalue weighted by molar-refractivity contribution is -0.127. The number of β-amino-alcohol motifs (C(OH)–C–C–N with tert-alkyl or cyclic N) is 1. The van der Waals surface area contributed by atoms with Crippen LogP contribution < -0.4 is 5.73 Å². The van der Waals surface area contributed by atoms with Crippen molar-refractivity contribution in [3.05, 3.63) is 0 Å². The van der Waals surface area contributed by atoms with Crippen LogP contribution in [0, 0.1) is 0 Å². The SMILES string of the molecule is NC(=O)[C@@]12CCCN1C[C@@H](O)C2. The molecule has 2 heterocycles. The maximum Gasteiger partial charge on any atom is 0.238 e. The van der Waals surface area contributed by atoms with Crippen molar-refractivity contribution in [1.82, 2.24) is 4.90 Å². The van der Waals surface area contributed by atoms with Gasteiger partial charge in [0.2, 0.25) is 5.91 Å². The van der Waals surface area contributed by atoms with Gasteiger partial charge in [-0.2, -0.15) is 0 Å². The second-order valence-electron chi connectivity index (χ2n) is 3.80. The molecule has 2 aliphatic heterocycles. The number of hydrogen-bond donors (Lipinski definition) is 2. The zero-order valence-electron chi connectivity index (χ0n) is 6.99. The van der Waals surface area contributed by atoms with Crippen LogP contribution in [0.5, 0.6) is 0 Å². The number of aliphatic hydroxyl groups is 1. The number of hydrogen-bond acceptors (Lipinski definition) is 3. The highest BCUT2D eigenvalue weighted by atomic mass is 16.3. The molecule has 68 valence electrons. The second kappa shape index (κ2) is 2.44. The average molecular weight is 170 g/mol. The summed E-state index contributed by atoms with van der Waals surface area (Å²) >= 11 is 0. The van der Waals surface area contributed by atoms with Gasteiger partial charge in [0, 0.05) is 13.0 Å². The third-order valence-electron chi connectivity index (χ3n) is 3.09. The minimum atomic E-state index is -0.501. The fourth-order valence-corrected chi connectivity index (χ4v) is 2.52. The molecule has 0 aromatic heterocycles. The number of primary amides is 1. The smallest absolute Gasteiger partial charge is 0.238 e. The first-order chi connectivity index (χ1) is 5.65. The predicted octanol–water partition coefficient (Wildman–Crippen LogP) is -0.929. The van der Waals surface area contributed by atoms with Gasteiger partial charge < -0.3 is 10.8 Å². The van der Waals surface area contributed by atoms with Crippen LogP contribution in [-0.2, 0) is 4.79 Å². The van der Waals surface area contributed by atoms with Crippen molar-refractivity contribution < 1.29 is 9.90 Å². The Hall–Kier alpha value is -0.610. The first-order valence-corrected chi connectivity index (χ1v) is 4.38. The molecule has 0 unspecified atom stereocenters. The molecule has 4 nitrogen and oxygen atoms in total. The van der Waals surface area contributed by atoms with Crippen molar-refractivity contribution in [2.75, 3.05) is 13.1 Å². The Morgan fingerprint density at radius 1 is 1.67 bits per heavy atom. The average Bonchev–Trinajstić information content (AvgIpc) is 2.42. The minimum Gasteiger partial charge on any atom is -0.392 e. The Morgan fingerprint density at radius 2 is 2.42 bits per heavy atom. The lowest BCUT2D eigenvalue weighted by atomic mass is 9.93. The van der Waals surface area contributed by atoms with E-state index in [1.54, 1.807) is 0 Å². The van der Waals surface area contributed by atoms with Crippen molar-refractivity contribution in [3.63, 3.8) is 0 Å². The van der Waals surface area contributed by atoms with Crippen LogP contribution in [0.4, 0.5) is 0 Å². The van der Waals surface area contributed by atoms with Gasteiger partial charge >= 0.3 is 0 Å². The maximum absolute atomic E-state index is 11.2. The Kier molecular flexibility index (Phi) is 1.63. The highest BCUT2D eigenvalue weighted by Gasteiger charge is 2.52. The summed E-state index contributed by atoms with van der Waals surface area (Å²) in [6.45, 7) is 1.52. The van der Waals surface area contributed by atoms with E-state index in [1.165, 1.54) is 0 Å². The fourth-order valence-electron chi connectivity index (χ4n) is 2.52. The van der Waals surface area contributed by atoms with Crippen LogP contribution in [0.15, 0.2) is 0 Å². The Balaban J connectivity index is 2.26. The number of carbonyl (C=O) groups excluding carboxylic acids is 1. The molecule has 0 aromatic carbocycles. The highest BCUT2D eigenvalue weighted by Crippen LogP contribution is 2.38. The van der Waals surface area contributed by atoms with E-state index in [-0.39, 0.29) is 12.0 Å². The number of nitrogens with two attached hydrogens (primary N) is 1. The van der Waals surface area contributed by atoms with E-state index in [0.29, 0.717) is 13.0 Å². The van der Waals surface area contributed by atoms with Gasteiger partial charge in [0.05, 0.1) is 6.10 Å². The fraction of sp³-hybridized carbons (Fsp3) is 0.875. The van der Waals surface area contributed by atoms with E-state index in [0.717, 1.165) is 19.4 Å². The molecule has 2 fully saturated rings. The number of fused-ring (bicyclic) bond motifs is 1. The summed E-state index contributed by atoms with van der Waals surface area (Å²) in [4.78, 5) is 13.2. The zero-order valence-corrected chi connectivity index (χ0v) is 6.99. The van der Waals surface area contributed by atoms with E-state index in [9.17, 15) is 9.90 Å². The summed E-state index contributed by atoms with van der Waals surface area (Å²) < 4.78 is 0. The molecule has 0 aliphatic carbocycles. The molecule has 0 saturated carbocycles.